The van der Waals surface area contributed by atoms with Gasteiger partial charge in [-0.2, -0.15) is 0 Å². The number of benzene rings is 2. The molecule has 0 saturated carbocycles. The third-order valence-corrected chi connectivity index (χ3v) is 4.45. The molecule has 0 aliphatic heterocycles. The Morgan fingerprint density at radius 1 is 0.846 bits per heavy atom. The van der Waals surface area contributed by atoms with Crippen LogP contribution in [0.2, 0.25) is 0 Å². The van der Waals surface area contributed by atoms with Crippen molar-refractivity contribution in [1.82, 2.24) is 0 Å². The van der Waals surface area contributed by atoms with Gasteiger partial charge in [0.15, 0.2) is 0 Å². The van der Waals surface area contributed by atoms with E-state index in [1.54, 1.807) is 0 Å². The second-order valence-corrected chi connectivity index (χ2v) is 6.19. The van der Waals surface area contributed by atoms with Crippen LogP contribution < -0.4 is 4.90 Å². The number of para-hydroxylation sites is 2. The summed E-state index contributed by atoms with van der Waals surface area (Å²) in [6, 6.07) is 21.2. The predicted octanol–water partition coefficient (Wildman–Crippen LogP) is 7.12. The van der Waals surface area contributed by atoms with Gasteiger partial charge in [-0.15, -0.1) is 0 Å². The lowest BCUT2D eigenvalue weighted by Crippen LogP contribution is -2.17. The smallest absolute Gasteiger partial charge is 0.0525 e. The summed E-state index contributed by atoms with van der Waals surface area (Å²) in [5, 5.41) is 0. The molecule has 0 saturated heterocycles. The first-order valence-corrected chi connectivity index (χ1v) is 9.10. The highest BCUT2D eigenvalue weighted by Crippen LogP contribution is 2.41. The number of rotatable bonds is 6. The van der Waals surface area contributed by atoms with Crippen LogP contribution in [0.4, 0.5) is 11.4 Å². The third-order valence-electron chi connectivity index (χ3n) is 4.45. The Morgan fingerprint density at radius 3 is 2.00 bits per heavy atom. The molecule has 0 fully saturated rings. The van der Waals surface area contributed by atoms with Crippen LogP contribution in [0.15, 0.2) is 121 Å². The van der Waals surface area contributed by atoms with Crippen LogP contribution in [-0.4, -0.2) is 0 Å². The first-order chi connectivity index (χ1) is 12.8. The molecule has 1 nitrogen and oxygen atoms in total. The quantitative estimate of drug-likeness (QED) is 0.506. The van der Waals surface area contributed by atoms with Gasteiger partial charge in [0.2, 0.25) is 0 Å². The zero-order chi connectivity index (χ0) is 18.2. The Balaban J connectivity index is 2.21. The maximum atomic E-state index is 3.83. The van der Waals surface area contributed by atoms with Crippen molar-refractivity contribution in [3.05, 3.63) is 121 Å². The molecular weight excluding hydrogens is 314 g/mol. The van der Waals surface area contributed by atoms with Crippen LogP contribution in [0.5, 0.6) is 0 Å². The van der Waals surface area contributed by atoms with Crippen molar-refractivity contribution in [2.45, 2.75) is 19.8 Å². The summed E-state index contributed by atoms with van der Waals surface area (Å²) in [5.74, 6) is 0. The molecule has 0 unspecified atom stereocenters. The van der Waals surface area contributed by atoms with E-state index >= 15 is 0 Å². The topological polar surface area (TPSA) is 3.24 Å². The minimum Gasteiger partial charge on any atom is -0.310 e. The van der Waals surface area contributed by atoms with Crippen LogP contribution in [0.25, 0.3) is 0 Å². The molecule has 0 radical (unpaired) electrons. The molecule has 1 aliphatic rings. The van der Waals surface area contributed by atoms with E-state index in [1.165, 1.54) is 28.2 Å². The lowest BCUT2D eigenvalue weighted by molar-refractivity contribution is 1.03. The van der Waals surface area contributed by atoms with Crippen molar-refractivity contribution >= 4 is 11.4 Å². The molecule has 0 heterocycles. The first kappa shape index (κ1) is 17.8. The lowest BCUT2D eigenvalue weighted by atomic mass is 10.1. The fourth-order valence-corrected chi connectivity index (χ4v) is 3.28. The molecule has 0 N–H and O–H groups in total. The Bertz CT molecular complexity index is 812. The highest BCUT2D eigenvalue weighted by Gasteiger charge is 2.25. The summed E-state index contributed by atoms with van der Waals surface area (Å²) in [5.41, 5.74) is 6.32. The van der Waals surface area contributed by atoms with E-state index in [0.29, 0.717) is 0 Å². The maximum Gasteiger partial charge on any atom is 0.0525 e. The molecule has 0 atom stereocenters. The Labute approximate surface area is 157 Å². The summed E-state index contributed by atoms with van der Waals surface area (Å²) in [4.78, 5) is 2.37. The number of anilines is 2. The summed E-state index contributed by atoms with van der Waals surface area (Å²) in [6.45, 7) is 5.88. The molecule has 3 rings (SSSR count). The summed E-state index contributed by atoms with van der Waals surface area (Å²) < 4.78 is 0. The van der Waals surface area contributed by atoms with Gasteiger partial charge in [-0.1, -0.05) is 79.4 Å². The average molecular weight is 339 g/mol. The molecule has 0 bridgehead atoms. The van der Waals surface area contributed by atoms with Crippen LogP contribution in [0.3, 0.4) is 0 Å². The van der Waals surface area contributed by atoms with Gasteiger partial charge in [-0.3, -0.25) is 0 Å². The van der Waals surface area contributed by atoms with E-state index < -0.39 is 0 Å². The minimum atomic E-state index is 1.04. The van der Waals surface area contributed by atoms with E-state index in [4.69, 9.17) is 0 Å². The SMILES string of the molecule is C=C/C=C/C1=C(N(c2ccccc2)c2ccccc2)C(=C/C=C/C)/CC1. The Kier molecular flexibility index (Phi) is 6.05. The van der Waals surface area contributed by atoms with E-state index in [-0.39, 0.29) is 0 Å². The van der Waals surface area contributed by atoms with Crippen LogP contribution in [0, 0.1) is 0 Å². The average Bonchev–Trinajstić information content (AvgIpc) is 3.09. The second kappa shape index (κ2) is 8.87. The molecule has 2 aromatic carbocycles. The third kappa shape index (κ3) is 3.94. The molecule has 0 amide bonds. The number of nitrogens with zero attached hydrogens (tertiary/aromatic N) is 1. The van der Waals surface area contributed by atoms with Gasteiger partial charge in [0.25, 0.3) is 0 Å². The Hall–Kier alpha value is -3.06. The van der Waals surface area contributed by atoms with Gasteiger partial charge in [-0.05, 0) is 55.2 Å². The van der Waals surface area contributed by atoms with Crippen LogP contribution in [-0.2, 0) is 0 Å². The van der Waals surface area contributed by atoms with Gasteiger partial charge >= 0.3 is 0 Å². The van der Waals surface area contributed by atoms with E-state index in [1.807, 2.05) is 12.2 Å². The van der Waals surface area contributed by atoms with E-state index in [9.17, 15) is 0 Å². The number of allylic oxidation sites excluding steroid dienone is 8. The summed E-state index contributed by atoms with van der Waals surface area (Å²) in [7, 11) is 0. The standard InChI is InChI=1S/C25H25N/c1-3-5-13-21-19-20-22(14-6-4-2)25(21)26(23-15-9-7-10-16-23)24-17-11-8-12-18-24/h3-18H,1,19-20H2,2H3/b6-4+,13-5+,22-14+. The van der Waals surface area contributed by atoms with Crippen molar-refractivity contribution in [2.75, 3.05) is 4.90 Å². The molecule has 26 heavy (non-hydrogen) atoms. The maximum absolute atomic E-state index is 3.83. The van der Waals surface area contributed by atoms with Crippen molar-refractivity contribution in [1.29, 1.82) is 0 Å². The number of hydrogen-bond donors (Lipinski definition) is 0. The molecule has 0 aromatic heterocycles. The Morgan fingerprint density at radius 2 is 1.46 bits per heavy atom. The van der Waals surface area contributed by atoms with Gasteiger partial charge in [0.1, 0.15) is 0 Å². The van der Waals surface area contributed by atoms with Crippen molar-refractivity contribution in [3.63, 3.8) is 0 Å². The van der Waals surface area contributed by atoms with Crippen LogP contribution >= 0.6 is 0 Å². The van der Waals surface area contributed by atoms with E-state index in [0.717, 1.165) is 12.8 Å². The largest absolute Gasteiger partial charge is 0.310 e. The van der Waals surface area contributed by atoms with Gasteiger partial charge in [-0.25, -0.2) is 0 Å². The lowest BCUT2D eigenvalue weighted by Gasteiger charge is -2.28. The molecule has 130 valence electrons. The van der Waals surface area contributed by atoms with E-state index in [2.05, 4.69) is 103 Å². The van der Waals surface area contributed by atoms with Crippen LogP contribution in [0.1, 0.15) is 19.8 Å². The number of hydrogen-bond acceptors (Lipinski definition) is 1. The van der Waals surface area contributed by atoms with Gasteiger partial charge < -0.3 is 4.90 Å². The molecular formula is C25H25N. The normalized spacial score (nSPS) is 16.1. The molecule has 2 aromatic rings. The van der Waals surface area contributed by atoms with Crippen molar-refractivity contribution in [3.8, 4) is 0 Å². The zero-order valence-electron chi connectivity index (χ0n) is 15.3. The zero-order valence-corrected chi connectivity index (χ0v) is 15.3. The van der Waals surface area contributed by atoms with Crippen molar-refractivity contribution in [2.24, 2.45) is 0 Å². The fraction of sp³-hybridized carbons (Fsp3) is 0.120. The molecule has 0 spiro atoms. The highest BCUT2D eigenvalue weighted by atomic mass is 15.2. The fourth-order valence-electron chi connectivity index (χ4n) is 3.28. The molecule has 1 heteroatoms. The molecule has 1 aliphatic carbocycles. The second-order valence-electron chi connectivity index (χ2n) is 6.19. The minimum absolute atomic E-state index is 1.04. The van der Waals surface area contributed by atoms with Gasteiger partial charge in [0.05, 0.1) is 5.70 Å². The summed E-state index contributed by atoms with van der Waals surface area (Å²) >= 11 is 0. The van der Waals surface area contributed by atoms with Gasteiger partial charge in [0, 0.05) is 11.4 Å². The predicted molar refractivity (Wildman–Crippen MR) is 114 cm³/mol. The summed E-state index contributed by atoms with van der Waals surface area (Å²) in [6.07, 6.45) is 14.6. The van der Waals surface area contributed by atoms with Crippen molar-refractivity contribution < 1.29 is 0 Å². The highest BCUT2D eigenvalue weighted by molar-refractivity contribution is 5.74. The first-order valence-electron chi connectivity index (χ1n) is 9.10. The monoisotopic (exact) mass is 339 g/mol.